The van der Waals surface area contributed by atoms with Crippen LogP contribution in [0.4, 0.5) is 0 Å². The third-order valence-corrected chi connectivity index (χ3v) is 3.62. The van der Waals surface area contributed by atoms with E-state index < -0.39 is 29.6 Å². The summed E-state index contributed by atoms with van der Waals surface area (Å²) in [6.45, 7) is 1.72. The first kappa shape index (κ1) is 12.8. The van der Waals surface area contributed by atoms with Crippen LogP contribution in [-0.2, 0) is 9.59 Å². The van der Waals surface area contributed by atoms with Crippen molar-refractivity contribution >= 4 is 11.9 Å². The van der Waals surface area contributed by atoms with E-state index in [0.717, 1.165) is 0 Å². The van der Waals surface area contributed by atoms with Gasteiger partial charge in [-0.1, -0.05) is 12.1 Å². The summed E-state index contributed by atoms with van der Waals surface area (Å²) in [6, 6.07) is 7.08. The van der Waals surface area contributed by atoms with E-state index in [0.29, 0.717) is 24.3 Å². The van der Waals surface area contributed by atoms with Crippen molar-refractivity contribution in [1.82, 2.24) is 5.32 Å². The molecule has 3 rings (SSSR count). The van der Waals surface area contributed by atoms with Crippen molar-refractivity contribution in [1.29, 1.82) is 0 Å². The van der Waals surface area contributed by atoms with Crippen molar-refractivity contribution < 1.29 is 24.2 Å². The lowest BCUT2D eigenvalue weighted by molar-refractivity contribution is -0.146. The van der Waals surface area contributed by atoms with Crippen molar-refractivity contribution in [2.75, 3.05) is 0 Å². The highest BCUT2D eigenvalue weighted by Gasteiger charge is 2.53. The molecule has 1 amide bonds. The third-order valence-electron chi connectivity index (χ3n) is 3.62. The zero-order valence-electron chi connectivity index (χ0n) is 11.0. The van der Waals surface area contributed by atoms with Gasteiger partial charge >= 0.3 is 5.97 Å². The van der Waals surface area contributed by atoms with E-state index in [2.05, 4.69) is 5.32 Å². The van der Waals surface area contributed by atoms with Crippen LogP contribution in [0.3, 0.4) is 0 Å². The Morgan fingerprint density at radius 1 is 1.25 bits per heavy atom. The summed E-state index contributed by atoms with van der Waals surface area (Å²) in [5.41, 5.74) is -1.11. The summed E-state index contributed by atoms with van der Waals surface area (Å²) < 4.78 is 11.3. The summed E-state index contributed by atoms with van der Waals surface area (Å²) in [5.74, 6) is -0.378. The molecule has 0 bridgehead atoms. The number of fused-ring (bicyclic) bond motifs is 1. The number of carbonyl (C=O) groups excluding carboxylic acids is 1. The second-order valence-electron chi connectivity index (χ2n) is 5.18. The number of hydrogen-bond donors (Lipinski definition) is 2. The fraction of sp³-hybridized carbons (Fsp3) is 0.429. The Kier molecular flexibility index (Phi) is 2.81. The normalized spacial score (nSPS) is 25.6. The number of ether oxygens (including phenoxy) is 2. The maximum atomic E-state index is 12.2. The Hall–Kier alpha value is -2.24. The molecular formula is C14H15NO5. The maximum absolute atomic E-state index is 12.2. The van der Waals surface area contributed by atoms with Crippen LogP contribution >= 0.6 is 0 Å². The van der Waals surface area contributed by atoms with Gasteiger partial charge in [-0.3, -0.25) is 4.79 Å². The first-order valence-corrected chi connectivity index (χ1v) is 6.50. The Balaban J connectivity index is 1.75. The van der Waals surface area contributed by atoms with Crippen LogP contribution in [0.1, 0.15) is 19.8 Å². The molecule has 1 fully saturated rings. The first-order chi connectivity index (χ1) is 9.52. The van der Waals surface area contributed by atoms with Crippen molar-refractivity contribution in [3.8, 4) is 11.5 Å². The van der Waals surface area contributed by atoms with Crippen molar-refractivity contribution in [3.63, 3.8) is 0 Å². The van der Waals surface area contributed by atoms with Crippen molar-refractivity contribution in [3.05, 3.63) is 24.3 Å². The molecular weight excluding hydrogens is 262 g/mol. The number of benzene rings is 1. The molecule has 0 aromatic heterocycles. The number of amides is 1. The van der Waals surface area contributed by atoms with Gasteiger partial charge in [0.15, 0.2) is 11.5 Å². The Labute approximate surface area is 115 Å². The van der Waals surface area contributed by atoms with Crippen LogP contribution in [-0.4, -0.2) is 34.7 Å². The fourth-order valence-electron chi connectivity index (χ4n) is 2.23. The highest BCUT2D eigenvalue weighted by molar-refractivity contribution is 5.91. The second kappa shape index (κ2) is 4.40. The van der Waals surface area contributed by atoms with E-state index in [1.54, 1.807) is 25.1 Å². The lowest BCUT2D eigenvalue weighted by atomic mass is 10.1. The predicted molar refractivity (Wildman–Crippen MR) is 68.7 cm³/mol. The molecule has 2 aliphatic rings. The van der Waals surface area contributed by atoms with E-state index >= 15 is 0 Å². The Morgan fingerprint density at radius 3 is 2.40 bits per heavy atom. The average molecular weight is 277 g/mol. The fourth-order valence-corrected chi connectivity index (χ4v) is 2.23. The molecule has 106 valence electrons. The molecule has 2 unspecified atom stereocenters. The highest BCUT2D eigenvalue weighted by atomic mass is 16.6. The molecule has 6 heteroatoms. The zero-order valence-corrected chi connectivity index (χ0v) is 11.0. The molecule has 20 heavy (non-hydrogen) atoms. The number of hydrogen-bond acceptors (Lipinski definition) is 4. The minimum Gasteiger partial charge on any atom is -0.482 e. The molecule has 1 saturated carbocycles. The van der Waals surface area contributed by atoms with Gasteiger partial charge in [-0.2, -0.15) is 0 Å². The van der Waals surface area contributed by atoms with E-state index in [1.807, 2.05) is 6.07 Å². The number of aliphatic carboxylic acids is 1. The van der Waals surface area contributed by atoms with E-state index in [-0.39, 0.29) is 0 Å². The van der Waals surface area contributed by atoms with Gasteiger partial charge in [-0.15, -0.1) is 0 Å². The standard InChI is InChI=1S/C14H15NO5/c1-8-11(12(16)15-14(6-7-14)13(17)18)20-10-5-3-2-4-9(10)19-8/h2-5,8,11H,6-7H2,1H3,(H,15,16)(H,17,18). The topological polar surface area (TPSA) is 84.9 Å². The summed E-state index contributed by atoms with van der Waals surface area (Å²) in [4.78, 5) is 23.3. The molecule has 1 aliphatic carbocycles. The number of carbonyl (C=O) groups is 2. The Bertz CT molecular complexity index is 566. The summed E-state index contributed by atoms with van der Waals surface area (Å²) in [6.07, 6.45) is -0.421. The summed E-state index contributed by atoms with van der Waals surface area (Å²) >= 11 is 0. The van der Waals surface area contributed by atoms with Gasteiger partial charge < -0.3 is 19.9 Å². The van der Waals surface area contributed by atoms with Gasteiger partial charge in [0, 0.05) is 0 Å². The maximum Gasteiger partial charge on any atom is 0.329 e. The number of rotatable bonds is 3. The molecule has 6 nitrogen and oxygen atoms in total. The summed E-state index contributed by atoms with van der Waals surface area (Å²) in [7, 11) is 0. The molecule has 2 atom stereocenters. The van der Waals surface area contributed by atoms with E-state index in [1.165, 1.54) is 0 Å². The van der Waals surface area contributed by atoms with Gasteiger partial charge in [-0.25, -0.2) is 4.79 Å². The molecule has 1 aliphatic heterocycles. The summed E-state index contributed by atoms with van der Waals surface area (Å²) in [5, 5.41) is 11.6. The lowest BCUT2D eigenvalue weighted by Crippen LogP contribution is -2.54. The third kappa shape index (κ3) is 2.07. The highest BCUT2D eigenvalue weighted by Crippen LogP contribution is 2.37. The van der Waals surface area contributed by atoms with Crippen LogP contribution in [0, 0.1) is 0 Å². The molecule has 1 heterocycles. The first-order valence-electron chi connectivity index (χ1n) is 6.50. The van der Waals surface area contributed by atoms with Crippen LogP contribution in [0.2, 0.25) is 0 Å². The molecule has 0 radical (unpaired) electrons. The molecule has 2 N–H and O–H groups in total. The van der Waals surface area contributed by atoms with Crippen LogP contribution in [0.5, 0.6) is 11.5 Å². The number of para-hydroxylation sites is 2. The second-order valence-corrected chi connectivity index (χ2v) is 5.18. The minimum absolute atomic E-state index is 0.451. The Morgan fingerprint density at radius 2 is 1.85 bits per heavy atom. The molecule has 1 aromatic carbocycles. The van der Waals surface area contributed by atoms with Crippen LogP contribution < -0.4 is 14.8 Å². The molecule has 0 saturated heterocycles. The van der Waals surface area contributed by atoms with Gasteiger partial charge in [0.1, 0.15) is 11.6 Å². The zero-order chi connectivity index (χ0) is 14.3. The van der Waals surface area contributed by atoms with Gasteiger partial charge in [0.05, 0.1) is 0 Å². The molecule has 0 spiro atoms. The van der Waals surface area contributed by atoms with Gasteiger partial charge in [-0.05, 0) is 31.9 Å². The number of nitrogens with one attached hydrogen (secondary N) is 1. The minimum atomic E-state index is -1.11. The van der Waals surface area contributed by atoms with Gasteiger partial charge in [0.2, 0.25) is 6.10 Å². The quantitative estimate of drug-likeness (QED) is 0.859. The van der Waals surface area contributed by atoms with Gasteiger partial charge in [0.25, 0.3) is 5.91 Å². The number of carboxylic acids is 1. The molecule has 1 aromatic rings. The van der Waals surface area contributed by atoms with Crippen LogP contribution in [0.15, 0.2) is 24.3 Å². The monoisotopic (exact) mass is 277 g/mol. The average Bonchev–Trinajstić information content (AvgIpc) is 3.18. The SMILES string of the molecule is CC1Oc2ccccc2OC1C(=O)NC1(C(=O)O)CC1. The van der Waals surface area contributed by atoms with E-state index in [9.17, 15) is 9.59 Å². The smallest absolute Gasteiger partial charge is 0.329 e. The largest absolute Gasteiger partial charge is 0.482 e. The number of carboxylic acid groups (broad SMARTS) is 1. The van der Waals surface area contributed by atoms with Crippen LogP contribution in [0.25, 0.3) is 0 Å². The lowest BCUT2D eigenvalue weighted by Gasteiger charge is -2.31. The van der Waals surface area contributed by atoms with Crippen molar-refractivity contribution in [2.24, 2.45) is 0 Å². The van der Waals surface area contributed by atoms with Crippen molar-refractivity contribution in [2.45, 2.75) is 37.5 Å². The predicted octanol–water partition coefficient (Wildman–Crippen LogP) is 0.948. The van der Waals surface area contributed by atoms with E-state index in [4.69, 9.17) is 14.6 Å².